The third-order valence-corrected chi connectivity index (χ3v) is 2.83. The van der Waals surface area contributed by atoms with Crippen LogP contribution in [0.2, 0.25) is 0 Å². The third kappa shape index (κ3) is 3.89. The fraction of sp³-hybridized carbons (Fsp3) is 0.818. The lowest BCUT2D eigenvalue weighted by Crippen LogP contribution is -2.60. The lowest BCUT2D eigenvalue weighted by molar-refractivity contribution is -0.150. The van der Waals surface area contributed by atoms with Crippen LogP contribution in [0, 0.1) is 5.92 Å². The average Bonchev–Trinajstić information content (AvgIpc) is 2.20. The predicted octanol–water partition coefficient (Wildman–Crippen LogP) is 1.31. The van der Waals surface area contributed by atoms with Crippen molar-refractivity contribution in [1.82, 2.24) is 10.2 Å². The Morgan fingerprint density at radius 2 is 2.00 bits per heavy atom. The number of hydrogen-bond donors (Lipinski definition) is 1. The zero-order chi connectivity index (χ0) is 13.9. The minimum atomic E-state index is -4.23. The molecule has 0 saturated carbocycles. The molecule has 1 aliphatic heterocycles. The molecule has 0 bridgehead atoms. The van der Waals surface area contributed by atoms with E-state index < -0.39 is 18.6 Å². The molecule has 1 heterocycles. The van der Waals surface area contributed by atoms with Gasteiger partial charge in [0.15, 0.2) is 0 Å². The molecular formula is C11H17F3N2O2. The zero-order valence-electron chi connectivity index (χ0n) is 10.4. The van der Waals surface area contributed by atoms with Gasteiger partial charge in [-0.3, -0.25) is 9.59 Å². The summed E-state index contributed by atoms with van der Waals surface area (Å²) in [6.07, 6.45) is -5.34. The van der Waals surface area contributed by atoms with Crippen LogP contribution in [0.5, 0.6) is 0 Å². The van der Waals surface area contributed by atoms with Crippen LogP contribution < -0.4 is 5.32 Å². The third-order valence-electron chi connectivity index (χ3n) is 2.83. The Balaban J connectivity index is 2.63. The number of nitrogens with one attached hydrogen (secondary N) is 1. The highest BCUT2D eigenvalue weighted by molar-refractivity contribution is 5.94. The Kier molecular flexibility index (Phi) is 4.59. The topological polar surface area (TPSA) is 49.4 Å². The van der Waals surface area contributed by atoms with E-state index in [1.165, 1.54) is 4.90 Å². The number of carbonyl (C=O) groups is 2. The van der Waals surface area contributed by atoms with Crippen molar-refractivity contribution < 1.29 is 22.8 Å². The van der Waals surface area contributed by atoms with Crippen LogP contribution in [0.4, 0.5) is 13.2 Å². The SMILES string of the molecule is CC(C)C1C(=O)NCC(=O)N1CCCC(F)(F)F. The van der Waals surface area contributed by atoms with Gasteiger partial charge < -0.3 is 10.2 Å². The monoisotopic (exact) mass is 266 g/mol. The van der Waals surface area contributed by atoms with Gasteiger partial charge in [-0.2, -0.15) is 13.2 Å². The summed E-state index contributed by atoms with van der Waals surface area (Å²) in [5.74, 6) is -0.743. The first-order chi connectivity index (χ1) is 8.22. The summed E-state index contributed by atoms with van der Waals surface area (Å²) in [6, 6.07) is -0.667. The van der Waals surface area contributed by atoms with Gasteiger partial charge >= 0.3 is 6.18 Å². The van der Waals surface area contributed by atoms with Crippen LogP contribution in [0.25, 0.3) is 0 Å². The zero-order valence-corrected chi connectivity index (χ0v) is 10.4. The summed E-state index contributed by atoms with van der Waals surface area (Å²) in [7, 11) is 0. The molecule has 0 aromatic heterocycles. The molecule has 18 heavy (non-hydrogen) atoms. The van der Waals surface area contributed by atoms with Crippen molar-refractivity contribution in [3.8, 4) is 0 Å². The summed E-state index contributed by atoms with van der Waals surface area (Å²) in [5.41, 5.74) is 0. The predicted molar refractivity (Wildman–Crippen MR) is 58.6 cm³/mol. The van der Waals surface area contributed by atoms with Gasteiger partial charge in [-0.05, 0) is 12.3 Å². The number of amides is 2. The van der Waals surface area contributed by atoms with Gasteiger partial charge in [0.1, 0.15) is 6.04 Å². The molecule has 1 N–H and O–H groups in total. The molecule has 7 heteroatoms. The van der Waals surface area contributed by atoms with Crippen molar-refractivity contribution in [3.05, 3.63) is 0 Å². The standard InChI is InChI=1S/C11H17F3N2O2/c1-7(2)9-10(18)15-6-8(17)16(9)5-3-4-11(12,13)14/h7,9H,3-6H2,1-2H3,(H,15,18). The first-order valence-electron chi connectivity index (χ1n) is 5.86. The molecule has 2 amide bonds. The van der Waals surface area contributed by atoms with Gasteiger partial charge in [-0.15, -0.1) is 0 Å². The summed E-state index contributed by atoms with van der Waals surface area (Å²) in [4.78, 5) is 24.5. The Labute approximate surface area is 104 Å². The Morgan fingerprint density at radius 3 is 2.50 bits per heavy atom. The molecule has 1 rings (SSSR count). The number of carbonyl (C=O) groups excluding carboxylic acids is 2. The van der Waals surface area contributed by atoms with Crippen LogP contribution in [-0.2, 0) is 9.59 Å². The minimum absolute atomic E-state index is 0.0331. The second kappa shape index (κ2) is 5.58. The lowest BCUT2D eigenvalue weighted by atomic mass is 9.99. The number of piperazine rings is 1. The average molecular weight is 266 g/mol. The van der Waals surface area contributed by atoms with Crippen molar-refractivity contribution in [2.24, 2.45) is 5.92 Å². The number of rotatable bonds is 4. The molecule has 104 valence electrons. The molecule has 1 fully saturated rings. The highest BCUT2D eigenvalue weighted by atomic mass is 19.4. The van der Waals surface area contributed by atoms with E-state index in [0.717, 1.165) is 0 Å². The molecule has 1 atom stereocenters. The highest BCUT2D eigenvalue weighted by Crippen LogP contribution is 2.23. The van der Waals surface area contributed by atoms with Gasteiger partial charge in [-0.25, -0.2) is 0 Å². The van der Waals surface area contributed by atoms with E-state index in [-0.39, 0.29) is 37.2 Å². The van der Waals surface area contributed by atoms with E-state index in [1.807, 2.05) is 0 Å². The molecular weight excluding hydrogens is 249 g/mol. The number of hydrogen-bond acceptors (Lipinski definition) is 2. The Morgan fingerprint density at radius 1 is 1.39 bits per heavy atom. The number of halogens is 3. The van der Waals surface area contributed by atoms with E-state index in [1.54, 1.807) is 13.8 Å². The van der Waals surface area contributed by atoms with Crippen molar-refractivity contribution in [3.63, 3.8) is 0 Å². The first-order valence-corrected chi connectivity index (χ1v) is 5.86. The maximum atomic E-state index is 12.1. The van der Waals surface area contributed by atoms with Gasteiger partial charge in [0.25, 0.3) is 0 Å². The molecule has 0 aliphatic carbocycles. The van der Waals surface area contributed by atoms with E-state index in [2.05, 4.69) is 5.32 Å². The van der Waals surface area contributed by atoms with Gasteiger partial charge in [-0.1, -0.05) is 13.8 Å². The van der Waals surface area contributed by atoms with Crippen LogP contribution in [0.3, 0.4) is 0 Å². The minimum Gasteiger partial charge on any atom is -0.345 e. The summed E-state index contributed by atoms with van der Waals surface area (Å²) in [6.45, 7) is 3.36. The van der Waals surface area contributed by atoms with E-state index in [0.29, 0.717) is 0 Å². The van der Waals surface area contributed by atoms with E-state index in [4.69, 9.17) is 0 Å². The molecule has 0 radical (unpaired) electrons. The van der Waals surface area contributed by atoms with Gasteiger partial charge in [0.2, 0.25) is 11.8 Å². The fourth-order valence-corrected chi connectivity index (χ4v) is 2.04. The van der Waals surface area contributed by atoms with Gasteiger partial charge in [0, 0.05) is 13.0 Å². The molecule has 1 unspecified atom stereocenters. The Hall–Kier alpha value is -1.27. The fourth-order valence-electron chi connectivity index (χ4n) is 2.04. The van der Waals surface area contributed by atoms with Crippen molar-refractivity contribution in [2.75, 3.05) is 13.1 Å². The smallest absolute Gasteiger partial charge is 0.345 e. The van der Waals surface area contributed by atoms with Crippen LogP contribution in [0.1, 0.15) is 26.7 Å². The van der Waals surface area contributed by atoms with Crippen LogP contribution in [-0.4, -0.2) is 42.0 Å². The van der Waals surface area contributed by atoms with Gasteiger partial charge in [0.05, 0.1) is 6.54 Å². The maximum absolute atomic E-state index is 12.1. The quantitative estimate of drug-likeness (QED) is 0.834. The molecule has 0 aromatic rings. The molecule has 0 spiro atoms. The normalized spacial score (nSPS) is 21.4. The van der Waals surface area contributed by atoms with Crippen molar-refractivity contribution in [1.29, 1.82) is 0 Å². The largest absolute Gasteiger partial charge is 0.389 e. The molecule has 1 aliphatic rings. The first kappa shape index (κ1) is 14.8. The van der Waals surface area contributed by atoms with Crippen LogP contribution in [0.15, 0.2) is 0 Å². The van der Waals surface area contributed by atoms with Crippen LogP contribution >= 0.6 is 0 Å². The van der Waals surface area contributed by atoms with E-state index >= 15 is 0 Å². The summed E-state index contributed by atoms with van der Waals surface area (Å²) < 4.78 is 36.2. The maximum Gasteiger partial charge on any atom is 0.389 e. The molecule has 1 saturated heterocycles. The molecule has 0 aromatic carbocycles. The molecule has 4 nitrogen and oxygen atoms in total. The van der Waals surface area contributed by atoms with Crippen molar-refractivity contribution >= 4 is 11.8 Å². The second-order valence-corrected chi connectivity index (χ2v) is 4.71. The summed E-state index contributed by atoms with van der Waals surface area (Å²) >= 11 is 0. The number of alkyl halides is 3. The Bertz CT molecular complexity index is 329. The second-order valence-electron chi connectivity index (χ2n) is 4.71. The lowest BCUT2D eigenvalue weighted by Gasteiger charge is -2.37. The summed E-state index contributed by atoms with van der Waals surface area (Å²) in [5, 5.41) is 2.45. The number of nitrogens with zero attached hydrogens (tertiary/aromatic N) is 1. The van der Waals surface area contributed by atoms with E-state index in [9.17, 15) is 22.8 Å². The van der Waals surface area contributed by atoms with Crippen molar-refractivity contribution in [2.45, 2.75) is 38.9 Å². The highest BCUT2D eigenvalue weighted by Gasteiger charge is 2.36.